The summed E-state index contributed by atoms with van der Waals surface area (Å²) in [4.78, 5) is 1.04. The number of aliphatic hydroxyl groups is 1. The molecule has 2 atom stereocenters. The number of nitrogens with two attached hydrogens (primary N) is 1. The normalized spacial score (nSPS) is 24.4. The van der Waals surface area contributed by atoms with Gasteiger partial charge in [-0.2, -0.15) is 0 Å². The van der Waals surface area contributed by atoms with Gasteiger partial charge in [0, 0.05) is 16.8 Å². The fourth-order valence-corrected chi connectivity index (χ4v) is 4.78. The Morgan fingerprint density at radius 3 is 2.75 bits per heavy atom. The van der Waals surface area contributed by atoms with Crippen LogP contribution in [-0.2, 0) is 17.4 Å². The van der Waals surface area contributed by atoms with Gasteiger partial charge in [-0.25, -0.2) is 0 Å². The molecule has 3 rings (SSSR count). The molecule has 1 aromatic heterocycles. The summed E-state index contributed by atoms with van der Waals surface area (Å²) >= 11 is 1.63. The number of hydrogen-bond donors (Lipinski definition) is 2. The molecule has 20 heavy (non-hydrogen) atoms. The van der Waals surface area contributed by atoms with Gasteiger partial charge in [0.15, 0.2) is 0 Å². The van der Waals surface area contributed by atoms with Gasteiger partial charge in [0.1, 0.15) is 5.60 Å². The third-order valence-corrected chi connectivity index (χ3v) is 6.17. The minimum Gasteiger partial charge on any atom is -0.384 e. The molecule has 0 saturated carbocycles. The monoisotopic (exact) mass is 287 g/mol. The van der Waals surface area contributed by atoms with Gasteiger partial charge >= 0.3 is 0 Å². The lowest BCUT2D eigenvalue weighted by Gasteiger charge is -2.43. The highest BCUT2D eigenvalue weighted by atomic mass is 32.1. The molecule has 2 unspecified atom stereocenters. The van der Waals surface area contributed by atoms with Crippen LogP contribution in [0.1, 0.15) is 34.9 Å². The van der Waals surface area contributed by atoms with E-state index in [1.807, 2.05) is 18.4 Å². The van der Waals surface area contributed by atoms with Crippen molar-refractivity contribution in [3.63, 3.8) is 0 Å². The fraction of sp³-hybridized carbons (Fsp3) is 0.412. The topological polar surface area (TPSA) is 46.2 Å². The van der Waals surface area contributed by atoms with Crippen LogP contribution in [0, 0.1) is 6.92 Å². The molecule has 0 radical (unpaired) electrons. The number of rotatable bonds is 3. The van der Waals surface area contributed by atoms with Crippen LogP contribution in [0.25, 0.3) is 0 Å². The first-order chi connectivity index (χ1) is 9.53. The lowest BCUT2D eigenvalue weighted by Crippen LogP contribution is -2.50. The van der Waals surface area contributed by atoms with Gasteiger partial charge in [-0.3, -0.25) is 0 Å². The Balaban J connectivity index is 2.18. The van der Waals surface area contributed by atoms with Crippen molar-refractivity contribution >= 4 is 11.3 Å². The molecule has 1 heterocycles. The number of benzene rings is 1. The SMILES string of the molecule is Cc1ccsc1C(C)(O)C1(CN)CCc2ccccc21. The molecule has 1 aliphatic rings. The second-order valence-electron chi connectivity index (χ2n) is 5.95. The molecule has 1 aliphatic carbocycles. The summed E-state index contributed by atoms with van der Waals surface area (Å²) < 4.78 is 0. The molecular formula is C17H21NOS. The van der Waals surface area contributed by atoms with Crippen LogP contribution in [-0.4, -0.2) is 11.7 Å². The first kappa shape index (κ1) is 13.8. The van der Waals surface area contributed by atoms with E-state index in [4.69, 9.17) is 5.73 Å². The van der Waals surface area contributed by atoms with Crippen LogP contribution < -0.4 is 5.73 Å². The summed E-state index contributed by atoms with van der Waals surface area (Å²) in [6.07, 6.45) is 1.90. The summed E-state index contributed by atoms with van der Waals surface area (Å²) in [7, 11) is 0. The third-order valence-electron chi connectivity index (χ3n) is 4.94. The molecule has 0 saturated heterocycles. The Hall–Kier alpha value is -1.16. The molecular weight excluding hydrogens is 266 g/mol. The summed E-state index contributed by atoms with van der Waals surface area (Å²) in [5, 5.41) is 13.4. The summed E-state index contributed by atoms with van der Waals surface area (Å²) in [5.74, 6) is 0. The zero-order valence-corrected chi connectivity index (χ0v) is 12.8. The maximum absolute atomic E-state index is 11.4. The number of thiophene rings is 1. The number of hydrogen-bond acceptors (Lipinski definition) is 3. The Morgan fingerprint density at radius 2 is 2.10 bits per heavy atom. The van der Waals surface area contributed by atoms with E-state index in [9.17, 15) is 5.11 Å². The second kappa shape index (κ2) is 4.69. The van der Waals surface area contributed by atoms with Gasteiger partial charge in [0.05, 0.1) is 0 Å². The highest BCUT2D eigenvalue weighted by molar-refractivity contribution is 7.10. The van der Waals surface area contributed by atoms with E-state index < -0.39 is 5.60 Å². The van der Waals surface area contributed by atoms with Crippen molar-refractivity contribution in [2.45, 2.75) is 37.7 Å². The summed E-state index contributed by atoms with van der Waals surface area (Å²) in [5.41, 5.74) is 8.57. The Bertz CT molecular complexity index is 631. The van der Waals surface area contributed by atoms with Gasteiger partial charge in [-0.15, -0.1) is 11.3 Å². The second-order valence-corrected chi connectivity index (χ2v) is 6.86. The van der Waals surface area contributed by atoms with Crippen molar-refractivity contribution in [3.05, 3.63) is 57.3 Å². The molecule has 0 spiro atoms. The van der Waals surface area contributed by atoms with E-state index in [2.05, 4.69) is 31.2 Å². The van der Waals surface area contributed by atoms with E-state index in [1.165, 1.54) is 11.1 Å². The highest BCUT2D eigenvalue weighted by Crippen LogP contribution is 2.51. The predicted octanol–water partition coefficient (Wildman–Crippen LogP) is 3.11. The summed E-state index contributed by atoms with van der Waals surface area (Å²) in [6, 6.07) is 10.5. The van der Waals surface area contributed by atoms with Crippen LogP contribution in [0.3, 0.4) is 0 Å². The summed E-state index contributed by atoms with van der Waals surface area (Å²) in [6.45, 7) is 4.46. The van der Waals surface area contributed by atoms with Gasteiger partial charge in [-0.05, 0) is 54.8 Å². The van der Waals surface area contributed by atoms with Gasteiger partial charge in [0.2, 0.25) is 0 Å². The first-order valence-electron chi connectivity index (χ1n) is 7.08. The molecule has 0 aliphatic heterocycles. The Morgan fingerprint density at radius 1 is 1.35 bits per heavy atom. The minimum atomic E-state index is -0.924. The maximum atomic E-state index is 11.4. The van der Waals surface area contributed by atoms with E-state index in [0.29, 0.717) is 6.54 Å². The van der Waals surface area contributed by atoms with E-state index >= 15 is 0 Å². The van der Waals surface area contributed by atoms with Crippen molar-refractivity contribution in [1.29, 1.82) is 0 Å². The molecule has 106 valence electrons. The van der Waals surface area contributed by atoms with Crippen LogP contribution in [0.2, 0.25) is 0 Å². The lowest BCUT2D eigenvalue weighted by atomic mass is 9.67. The maximum Gasteiger partial charge on any atom is 0.107 e. The van der Waals surface area contributed by atoms with E-state index in [-0.39, 0.29) is 5.41 Å². The van der Waals surface area contributed by atoms with Crippen LogP contribution in [0.15, 0.2) is 35.7 Å². The average molecular weight is 287 g/mol. The standard InChI is InChI=1S/C17H21NOS/c1-12-8-10-20-15(12)16(2,19)17(11-18)9-7-13-5-3-4-6-14(13)17/h3-6,8,10,19H,7,9,11,18H2,1-2H3. The molecule has 0 fully saturated rings. The van der Waals surface area contributed by atoms with Gasteiger partial charge in [-0.1, -0.05) is 24.3 Å². The van der Waals surface area contributed by atoms with E-state index in [0.717, 1.165) is 23.3 Å². The Kier molecular flexibility index (Phi) is 3.24. The van der Waals surface area contributed by atoms with Crippen LogP contribution in [0.4, 0.5) is 0 Å². The molecule has 0 bridgehead atoms. The van der Waals surface area contributed by atoms with Crippen molar-refractivity contribution in [2.24, 2.45) is 5.73 Å². The van der Waals surface area contributed by atoms with Crippen molar-refractivity contribution < 1.29 is 5.11 Å². The molecule has 1 aromatic carbocycles. The zero-order chi connectivity index (χ0) is 14.4. The number of fused-ring (bicyclic) bond motifs is 1. The Labute approximate surface area is 124 Å². The largest absolute Gasteiger partial charge is 0.384 e. The van der Waals surface area contributed by atoms with Crippen molar-refractivity contribution in [2.75, 3.05) is 6.54 Å². The van der Waals surface area contributed by atoms with Crippen molar-refractivity contribution in [3.8, 4) is 0 Å². The highest BCUT2D eigenvalue weighted by Gasteiger charge is 2.52. The molecule has 2 nitrogen and oxygen atoms in total. The molecule has 3 N–H and O–H groups in total. The van der Waals surface area contributed by atoms with Crippen LogP contribution >= 0.6 is 11.3 Å². The van der Waals surface area contributed by atoms with Gasteiger partial charge in [0.25, 0.3) is 0 Å². The quantitative estimate of drug-likeness (QED) is 0.911. The van der Waals surface area contributed by atoms with E-state index in [1.54, 1.807) is 11.3 Å². The smallest absolute Gasteiger partial charge is 0.107 e. The van der Waals surface area contributed by atoms with Gasteiger partial charge < -0.3 is 10.8 Å². The molecule has 0 amide bonds. The molecule has 2 aromatic rings. The molecule has 3 heteroatoms. The lowest BCUT2D eigenvalue weighted by molar-refractivity contribution is -0.0231. The first-order valence-corrected chi connectivity index (χ1v) is 7.96. The minimum absolute atomic E-state index is 0.376. The predicted molar refractivity (Wildman–Crippen MR) is 84.1 cm³/mol. The average Bonchev–Trinajstić information content (AvgIpc) is 3.03. The third kappa shape index (κ3) is 1.70. The fourth-order valence-electron chi connectivity index (χ4n) is 3.69. The van der Waals surface area contributed by atoms with Crippen LogP contribution in [0.5, 0.6) is 0 Å². The number of aryl methyl sites for hydroxylation is 2. The van der Waals surface area contributed by atoms with Crippen molar-refractivity contribution in [1.82, 2.24) is 0 Å². The zero-order valence-electron chi connectivity index (χ0n) is 12.0.